The van der Waals surface area contributed by atoms with Crippen LogP contribution in [0.25, 0.3) is 0 Å². The van der Waals surface area contributed by atoms with Crippen molar-refractivity contribution in [1.29, 1.82) is 0 Å². The maximum Gasteiger partial charge on any atom is 0.278 e. The van der Waals surface area contributed by atoms with Crippen LogP contribution in [0.2, 0.25) is 0 Å². The van der Waals surface area contributed by atoms with Crippen molar-refractivity contribution in [3.05, 3.63) is 83.9 Å². The molecule has 0 aliphatic rings. The molecule has 1 amide bonds. The number of hydrogen-bond acceptors (Lipinski definition) is 5. The van der Waals surface area contributed by atoms with Crippen molar-refractivity contribution in [2.24, 2.45) is 0 Å². The highest BCUT2D eigenvalue weighted by molar-refractivity contribution is 7.93. The summed E-state index contributed by atoms with van der Waals surface area (Å²) in [5.41, 5.74) is 2.27. The molecule has 6 nitrogen and oxygen atoms in total. The predicted molar refractivity (Wildman–Crippen MR) is 129 cm³/mol. The van der Waals surface area contributed by atoms with Crippen LogP contribution in [-0.2, 0) is 14.8 Å². The summed E-state index contributed by atoms with van der Waals surface area (Å²) in [5, 5.41) is 0. The third-order valence-corrected chi connectivity index (χ3v) is 6.84. The Labute approximate surface area is 195 Å². The molecule has 0 aliphatic heterocycles. The smallest absolute Gasteiger partial charge is 0.278 e. The first-order valence-electron chi connectivity index (χ1n) is 10.8. The van der Waals surface area contributed by atoms with Crippen LogP contribution in [0, 0.1) is 6.92 Å². The second kappa shape index (κ2) is 10.5. The van der Waals surface area contributed by atoms with Gasteiger partial charge in [-0.25, -0.2) is 8.42 Å². The third-order valence-electron chi connectivity index (χ3n) is 5.08. The summed E-state index contributed by atoms with van der Waals surface area (Å²) in [4.78, 5) is 13.2. The zero-order chi connectivity index (χ0) is 24.0. The van der Waals surface area contributed by atoms with E-state index in [0.717, 1.165) is 15.4 Å². The van der Waals surface area contributed by atoms with Gasteiger partial charge in [-0.2, -0.15) is 4.31 Å². The largest absolute Gasteiger partial charge is 0.494 e. The number of rotatable bonds is 9. The van der Waals surface area contributed by atoms with Crippen molar-refractivity contribution in [3.8, 4) is 11.5 Å². The summed E-state index contributed by atoms with van der Waals surface area (Å²) in [7, 11) is -4.15. The van der Waals surface area contributed by atoms with Gasteiger partial charge < -0.3 is 9.47 Å². The Hall–Kier alpha value is -3.32. The van der Waals surface area contributed by atoms with Crippen molar-refractivity contribution in [2.45, 2.75) is 38.5 Å². The summed E-state index contributed by atoms with van der Waals surface area (Å²) in [6, 6.07) is 20.1. The van der Waals surface area contributed by atoms with Crippen molar-refractivity contribution in [3.63, 3.8) is 0 Å². The summed E-state index contributed by atoms with van der Waals surface area (Å²) in [6.45, 7) is 7.95. The van der Waals surface area contributed by atoms with Gasteiger partial charge in [-0.15, -0.1) is 0 Å². The number of hydrogen-bond donors (Lipinski definition) is 0. The SMILES string of the molecule is CCOc1ccc(N(C(=O)COc2ccc(C(C)C)cc2)S(=O)(=O)c2ccc(C)cc2)cc1. The molecule has 0 spiro atoms. The lowest BCUT2D eigenvalue weighted by Gasteiger charge is -2.23. The van der Waals surface area contributed by atoms with E-state index in [1.807, 2.05) is 26.0 Å². The Morgan fingerprint density at radius 3 is 1.94 bits per heavy atom. The molecule has 0 bridgehead atoms. The highest BCUT2D eigenvalue weighted by atomic mass is 32.2. The minimum absolute atomic E-state index is 0.0246. The zero-order valence-electron chi connectivity index (χ0n) is 19.3. The van der Waals surface area contributed by atoms with E-state index >= 15 is 0 Å². The molecule has 174 valence electrons. The first-order chi connectivity index (χ1) is 15.7. The molecule has 0 saturated carbocycles. The first kappa shape index (κ1) is 24.3. The molecule has 0 aromatic heterocycles. The Kier molecular flexibility index (Phi) is 7.76. The summed E-state index contributed by atoms with van der Waals surface area (Å²) < 4.78 is 38.8. The molecule has 3 aromatic rings. The van der Waals surface area contributed by atoms with Crippen LogP contribution in [0.1, 0.15) is 37.8 Å². The zero-order valence-corrected chi connectivity index (χ0v) is 20.1. The van der Waals surface area contributed by atoms with Crippen LogP contribution in [0.15, 0.2) is 77.7 Å². The van der Waals surface area contributed by atoms with E-state index in [-0.39, 0.29) is 10.6 Å². The van der Waals surface area contributed by atoms with E-state index in [0.29, 0.717) is 24.0 Å². The lowest BCUT2D eigenvalue weighted by molar-refractivity contribution is -0.119. The fourth-order valence-corrected chi connectivity index (χ4v) is 4.64. The van der Waals surface area contributed by atoms with Gasteiger partial charge in [0.1, 0.15) is 11.5 Å². The molecule has 7 heteroatoms. The normalized spacial score (nSPS) is 11.3. The average molecular weight is 468 g/mol. The maximum absolute atomic E-state index is 13.4. The van der Waals surface area contributed by atoms with E-state index in [9.17, 15) is 13.2 Å². The van der Waals surface area contributed by atoms with Gasteiger partial charge in [-0.1, -0.05) is 43.7 Å². The minimum atomic E-state index is -4.15. The number of aryl methyl sites for hydroxylation is 1. The number of sulfonamides is 1. The van der Waals surface area contributed by atoms with E-state index in [1.54, 1.807) is 48.5 Å². The van der Waals surface area contributed by atoms with Crippen LogP contribution in [0.4, 0.5) is 5.69 Å². The topological polar surface area (TPSA) is 72.9 Å². The van der Waals surface area contributed by atoms with Crippen molar-refractivity contribution < 1.29 is 22.7 Å². The number of ether oxygens (including phenoxy) is 2. The summed E-state index contributed by atoms with van der Waals surface area (Å²) in [5.74, 6) is 0.748. The maximum atomic E-state index is 13.4. The van der Waals surface area contributed by atoms with Gasteiger partial charge in [0.15, 0.2) is 6.61 Å². The molecule has 33 heavy (non-hydrogen) atoms. The van der Waals surface area contributed by atoms with E-state index in [4.69, 9.17) is 9.47 Å². The Morgan fingerprint density at radius 2 is 1.39 bits per heavy atom. The third kappa shape index (κ3) is 5.93. The summed E-state index contributed by atoms with van der Waals surface area (Å²) in [6.07, 6.45) is 0. The molecule has 0 heterocycles. The molecule has 0 fully saturated rings. The van der Waals surface area contributed by atoms with Gasteiger partial charge in [0.25, 0.3) is 15.9 Å². The van der Waals surface area contributed by atoms with Crippen molar-refractivity contribution in [2.75, 3.05) is 17.5 Å². The Morgan fingerprint density at radius 1 is 0.848 bits per heavy atom. The van der Waals surface area contributed by atoms with Crippen LogP contribution in [0.5, 0.6) is 11.5 Å². The van der Waals surface area contributed by atoms with Crippen molar-refractivity contribution >= 4 is 21.6 Å². The molecule has 0 N–H and O–H groups in total. The molecule has 0 unspecified atom stereocenters. The molecule has 3 rings (SSSR count). The van der Waals surface area contributed by atoms with Gasteiger partial charge in [0.2, 0.25) is 0 Å². The van der Waals surface area contributed by atoms with Crippen LogP contribution in [-0.4, -0.2) is 27.5 Å². The van der Waals surface area contributed by atoms with Gasteiger partial charge in [0, 0.05) is 0 Å². The predicted octanol–water partition coefficient (Wildman–Crippen LogP) is 5.32. The molecule has 0 radical (unpaired) electrons. The standard InChI is InChI=1S/C26H29NO5S/c1-5-31-23-14-10-22(11-15-23)27(33(29,30)25-16-6-20(4)7-17-25)26(28)18-32-24-12-8-21(9-13-24)19(2)3/h6-17,19H,5,18H2,1-4H3. The number of benzene rings is 3. The molecule has 0 saturated heterocycles. The highest BCUT2D eigenvalue weighted by Gasteiger charge is 2.31. The first-order valence-corrected chi connectivity index (χ1v) is 12.3. The molecule has 0 atom stereocenters. The lowest BCUT2D eigenvalue weighted by Crippen LogP contribution is -2.40. The van der Waals surface area contributed by atoms with E-state index in [1.165, 1.54) is 12.1 Å². The Bertz CT molecular complexity index is 1170. The number of nitrogens with zero attached hydrogens (tertiary/aromatic N) is 1. The van der Waals surface area contributed by atoms with Crippen LogP contribution >= 0.6 is 0 Å². The van der Waals surface area contributed by atoms with Gasteiger partial charge in [-0.3, -0.25) is 4.79 Å². The number of amides is 1. The molecule has 3 aromatic carbocycles. The van der Waals surface area contributed by atoms with Gasteiger partial charge in [0.05, 0.1) is 17.2 Å². The molecular formula is C26H29NO5S. The Balaban J connectivity index is 1.90. The van der Waals surface area contributed by atoms with Gasteiger partial charge in [-0.05, 0) is 73.9 Å². The fraction of sp³-hybridized carbons (Fsp3) is 0.269. The molecular weight excluding hydrogens is 438 g/mol. The minimum Gasteiger partial charge on any atom is -0.494 e. The number of carbonyl (C=O) groups is 1. The van der Waals surface area contributed by atoms with Crippen molar-refractivity contribution in [1.82, 2.24) is 0 Å². The second-order valence-electron chi connectivity index (χ2n) is 7.92. The number of carbonyl (C=O) groups excluding carboxylic acids is 1. The summed E-state index contributed by atoms with van der Waals surface area (Å²) >= 11 is 0. The highest BCUT2D eigenvalue weighted by Crippen LogP contribution is 2.27. The second-order valence-corrected chi connectivity index (χ2v) is 9.70. The van der Waals surface area contributed by atoms with Crippen LogP contribution < -0.4 is 13.8 Å². The van der Waals surface area contributed by atoms with E-state index in [2.05, 4.69) is 13.8 Å². The van der Waals surface area contributed by atoms with Gasteiger partial charge >= 0.3 is 0 Å². The quantitative estimate of drug-likeness (QED) is 0.426. The molecule has 0 aliphatic carbocycles. The van der Waals surface area contributed by atoms with Crippen LogP contribution in [0.3, 0.4) is 0 Å². The monoisotopic (exact) mass is 467 g/mol. The fourth-order valence-electron chi connectivity index (χ4n) is 3.23. The lowest BCUT2D eigenvalue weighted by atomic mass is 10.0. The van der Waals surface area contributed by atoms with E-state index < -0.39 is 22.5 Å². The average Bonchev–Trinajstić information content (AvgIpc) is 2.79. The number of anilines is 1.